The average molecular weight is 449 g/mol. The molecule has 0 amide bonds. The van der Waals surface area contributed by atoms with Gasteiger partial charge in [0.25, 0.3) is 0 Å². The Hall–Kier alpha value is -3.04. The first-order chi connectivity index (χ1) is 14.0. The molecule has 6 heteroatoms. The minimum absolute atomic E-state index is 0.0956. The molecule has 3 aromatic rings. The molecule has 0 bridgehead atoms. The monoisotopic (exact) mass is 448 g/mol. The topological polar surface area (TPSA) is 87.7 Å². The second-order valence-electron chi connectivity index (χ2n) is 7.59. The lowest BCUT2D eigenvalue weighted by Crippen LogP contribution is -2.20. The van der Waals surface area contributed by atoms with E-state index in [-0.39, 0.29) is 11.8 Å². The van der Waals surface area contributed by atoms with Crippen molar-refractivity contribution >= 4 is 15.9 Å². The smallest absolute Gasteiger partial charge is 0.244 e. The van der Waals surface area contributed by atoms with Crippen molar-refractivity contribution in [3.63, 3.8) is 0 Å². The average Bonchev–Trinajstić information content (AvgIpc) is 3.11. The molecule has 146 valence electrons. The van der Waals surface area contributed by atoms with Crippen LogP contribution in [0.25, 0.3) is 11.3 Å². The molecule has 0 radical (unpaired) electrons. The normalized spacial score (nSPS) is 15.8. The standard InChI is InChI=1S/C23H21BrN4O/c1-13(2)11-14-3-5-16(6-4-14)21-20-19(15-7-9-17(24)10-8-15)18(12-25)22(26)29-23(20)28-27-21/h3-10,13,19H,11,26H2,1-2H3,(H,27,28)/t19-/m1/s1. The number of benzene rings is 2. The summed E-state index contributed by atoms with van der Waals surface area (Å²) in [7, 11) is 0. The highest BCUT2D eigenvalue weighted by Crippen LogP contribution is 2.45. The maximum atomic E-state index is 9.78. The van der Waals surface area contributed by atoms with Crippen LogP contribution < -0.4 is 10.5 Å². The third-order valence-electron chi connectivity index (χ3n) is 5.03. The lowest BCUT2D eigenvalue weighted by Gasteiger charge is -2.24. The highest BCUT2D eigenvalue weighted by Gasteiger charge is 2.35. The Balaban J connectivity index is 1.82. The van der Waals surface area contributed by atoms with Gasteiger partial charge in [0.1, 0.15) is 11.6 Å². The van der Waals surface area contributed by atoms with Gasteiger partial charge in [-0.25, -0.2) is 0 Å². The largest absolute Gasteiger partial charge is 0.420 e. The predicted molar refractivity (Wildman–Crippen MR) is 116 cm³/mol. The van der Waals surface area contributed by atoms with Crippen LogP contribution in [0.5, 0.6) is 5.88 Å². The lowest BCUT2D eigenvalue weighted by molar-refractivity contribution is 0.379. The molecule has 5 nitrogen and oxygen atoms in total. The van der Waals surface area contributed by atoms with Crippen LogP contribution >= 0.6 is 15.9 Å². The van der Waals surface area contributed by atoms with Crippen LogP contribution in [0.4, 0.5) is 0 Å². The SMILES string of the molecule is CC(C)Cc1ccc(-c2[nH]nc3c2[C@H](c2ccc(Br)cc2)C(C#N)=C(N)O3)cc1. The van der Waals surface area contributed by atoms with Crippen molar-refractivity contribution in [3.8, 4) is 23.2 Å². The minimum Gasteiger partial charge on any atom is -0.420 e. The Morgan fingerprint density at radius 1 is 1.17 bits per heavy atom. The molecule has 0 fully saturated rings. The van der Waals surface area contributed by atoms with Gasteiger partial charge in [-0.15, -0.1) is 5.10 Å². The number of hydrogen-bond donors (Lipinski definition) is 2. The van der Waals surface area contributed by atoms with Crippen LogP contribution in [-0.2, 0) is 6.42 Å². The summed E-state index contributed by atoms with van der Waals surface area (Å²) < 4.78 is 6.64. The summed E-state index contributed by atoms with van der Waals surface area (Å²) in [6.45, 7) is 4.42. The number of ether oxygens (including phenoxy) is 1. The molecule has 1 atom stereocenters. The van der Waals surface area contributed by atoms with Crippen LogP contribution in [0.3, 0.4) is 0 Å². The molecule has 1 aliphatic heterocycles. The van der Waals surface area contributed by atoms with Crippen molar-refractivity contribution in [1.82, 2.24) is 10.2 Å². The number of H-pyrrole nitrogens is 1. The van der Waals surface area contributed by atoms with Gasteiger partial charge >= 0.3 is 0 Å². The summed E-state index contributed by atoms with van der Waals surface area (Å²) in [6, 6.07) is 18.5. The Bertz CT molecular complexity index is 1110. The van der Waals surface area contributed by atoms with Crippen LogP contribution in [-0.4, -0.2) is 10.2 Å². The summed E-state index contributed by atoms with van der Waals surface area (Å²) in [5.41, 5.74) is 11.3. The summed E-state index contributed by atoms with van der Waals surface area (Å²) in [4.78, 5) is 0. The number of fused-ring (bicyclic) bond motifs is 1. The third kappa shape index (κ3) is 3.66. The number of nitrogens with two attached hydrogens (primary N) is 1. The van der Waals surface area contributed by atoms with Crippen LogP contribution in [0.2, 0.25) is 0 Å². The highest BCUT2D eigenvalue weighted by atomic mass is 79.9. The van der Waals surface area contributed by atoms with Crippen LogP contribution in [0.15, 0.2) is 64.5 Å². The first kappa shape index (κ1) is 19.3. The molecule has 3 N–H and O–H groups in total. The molecule has 29 heavy (non-hydrogen) atoms. The predicted octanol–water partition coefficient (Wildman–Crippen LogP) is 5.26. The molecule has 0 unspecified atom stereocenters. The maximum Gasteiger partial charge on any atom is 0.244 e. The number of hydrogen-bond acceptors (Lipinski definition) is 4. The fourth-order valence-electron chi connectivity index (χ4n) is 3.73. The Labute approximate surface area is 178 Å². The molecule has 0 saturated carbocycles. The Morgan fingerprint density at radius 3 is 2.48 bits per heavy atom. The van der Waals surface area contributed by atoms with Gasteiger partial charge in [0.2, 0.25) is 11.8 Å². The Morgan fingerprint density at radius 2 is 1.86 bits per heavy atom. The zero-order chi connectivity index (χ0) is 20.5. The molecule has 4 rings (SSSR count). The summed E-state index contributed by atoms with van der Waals surface area (Å²) in [5, 5.41) is 17.2. The van der Waals surface area contributed by atoms with E-state index in [4.69, 9.17) is 10.5 Å². The lowest BCUT2D eigenvalue weighted by atomic mass is 9.83. The molecule has 2 aromatic carbocycles. The van der Waals surface area contributed by atoms with Gasteiger partial charge in [0.15, 0.2) is 0 Å². The van der Waals surface area contributed by atoms with Gasteiger partial charge in [-0.2, -0.15) is 5.26 Å². The number of nitrogens with zero attached hydrogens (tertiary/aromatic N) is 2. The van der Waals surface area contributed by atoms with Gasteiger partial charge in [-0.05, 0) is 35.6 Å². The van der Waals surface area contributed by atoms with E-state index in [1.54, 1.807) is 0 Å². The van der Waals surface area contributed by atoms with E-state index in [1.165, 1.54) is 5.56 Å². The van der Waals surface area contributed by atoms with Gasteiger partial charge in [-0.3, -0.25) is 5.10 Å². The van der Waals surface area contributed by atoms with E-state index in [0.717, 1.165) is 33.3 Å². The number of aromatic nitrogens is 2. The van der Waals surface area contributed by atoms with Crippen LogP contribution in [0.1, 0.15) is 36.5 Å². The first-order valence-electron chi connectivity index (χ1n) is 9.48. The fraction of sp³-hybridized carbons (Fsp3) is 0.217. The van der Waals surface area contributed by atoms with E-state index in [2.05, 4.69) is 70.3 Å². The number of rotatable bonds is 4. The second kappa shape index (κ2) is 7.76. The molecular formula is C23H21BrN4O. The number of halogens is 1. The zero-order valence-electron chi connectivity index (χ0n) is 16.2. The van der Waals surface area contributed by atoms with Gasteiger partial charge in [-0.1, -0.05) is 66.2 Å². The number of nitrogens with one attached hydrogen (secondary N) is 1. The molecule has 1 aliphatic rings. The number of nitriles is 1. The van der Waals surface area contributed by atoms with Crippen molar-refractivity contribution < 1.29 is 4.74 Å². The number of aromatic amines is 1. The molecule has 0 aliphatic carbocycles. The first-order valence-corrected chi connectivity index (χ1v) is 10.3. The van der Waals surface area contributed by atoms with E-state index >= 15 is 0 Å². The summed E-state index contributed by atoms with van der Waals surface area (Å²) >= 11 is 3.47. The van der Waals surface area contributed by atoms with Crippen molar-refractivity contribution in [2.75, 3.05) is 0 Å². The third-order valence-corrected chi connectivity index (χ3v) is 5.56. The second-order valence-corrected chi connectivity index (χ2v) is 8.50. The zero-order valence-corrected chi connectivity index (χ0v) is 17.8. The number of allylic oxidation sites excluding steroid dienone is 1. The minimum atomic E-state index is -0.346. The summed E-state index contributed by atoms with van der Waals surface area (Å²) in [6.07, 6.45) is 1.03. The Kier molecular flexibility index (Phi) is 5.16. The fourth-order valence-corrected chi connectivity index (χ4v) is 4.00. The van der Waals surface area contributed by atoms with Gasteiger partial charge in [0, 0.05) is 10.0 Å². The maximum absolute atomic E-state index is 9.78. The van der Waals surface area contributed by atoms with Crippen molar-refractivity contribution in [3.05, 3.63) is 81.2 Å². The quantitative estimate of drug-likeness (QED) is 0.569. The van der Waals surface area contributed by atoms with Crippen molar-refractivity contribution in [1.29, 1.82) is 5.26 Å². The molecule has 0 spiro atoms. The molecular weight excluding hydrogens is 428 g/mol. The molecule has 2 heterocycles. The van der Waals surface area contributed by atoms with E-state index in [9.17, 15) is 5.26 Å². The van der Waals surface area contributed by atoms with Crippen molar-refractivity contribution in [2.45, 2.75) is 26.2 Å². The summed E-state index contributed by atoms with van der Waals surface area (Å²) in [5.74, 6) is 0.761. The molecule has 1 aromatic heterocycles. The van der Waals surface area contributed by atoms with E-state index < -0.39 is 0 Å². The van der Waals surface area contributed by atoms with Gasteiger partial charge in [0.05, 0.1) is 17.2 Å². The van der Waals surface area contributed by atoms with Crippen LogP contribution in [0, 0.1) is 17.2 Å². The highest BCUT2D eigenvalue weighted by molar-refractivity contribution is 9.10. The van der Waals surface area contributed by atoms with Crippen molar-refractivity contribution in [2.24, 2.45) is 11.7 Å². The molecule has 0 saturated heterocycles. The van der Waals surface area contributed by atoms with Gasteiger partial charge < -0.3 is 10.5 Å². The van der Waals surface area contributed by atoms with E-state index in [0.29, 0.717) is 17.4 Å². The van der Waals surface area contributed by atoms with E-state index in [1.807, 2.05) is 24.3 Å².